The molecule has 126 valence electrons. The number of aromatic nitrogens is 1. The lowest BCUT2D eigenvalue weighted by molar-refractivity contribution is -0.128. The molecule has 2 amide bonds. The lowest BCUT2D eigenvalue weighted by atomic mass is 10.1. The number of ether oxygens (including phenoxy) is 1. The van der Waals surface area contributed by atoms with Gasteiger partial charge in [0.25, 0.3) is 11.8 Å². The summed E-state index contributed by atoms with van der Waals surface area (Å²) in [4.78, 5) is 27.8. The van der Waals surface area contributed by atoms with Gasteiger partial charge in [-0.1, -0.05) is 23.7 Å². The predicted octanol–water partition coefficient (Wildman–Crippen LogP) is 2.58. The van der Waals surface area contributed by atoms with E-state index in [1.165, 1.54) is 12.3 Å². The van der Waals surface area contributed by atoms with Gasteiger partial charge in [0.1, 0.15) is 11.4 Å². The van der Waals surface area contributed by atoms with Crippen molar-refractivity contribution in [3.05, 3.63) is 58.4 Å². The molecule has 24 heavy (non-hydrogen) atoms. The van der Waals surface area contributed by atoms with E-state index in [4.69, 9.17) is 16.3 Å². The zero-order chi connectivity index (χ0) is 17.7. The molecule has 1 unspecified atom stereocenters. The number of nitrogens with one attached hydrogen (secondary N) is 2. The molecule has 1 aromatic carbocycles. The first-order valence-corrected chi connectivity index (χ1v) is 7.71. The summed E-state index contributed by atoms with van der Waals surface area (Å²) < 4.78 is 5.64. The topological polar surface area (TPSA) is 80.3 Å². The van der Waals surface area contributed by atoms with Crippen LogP contribution in [0.4, 0.5) is 0 Å². The molecule has 2 rings (SSSR count). The second kappa shape index (κ2) is 7.79. The van der Waals surface area contributed by atoms with E-state index >= 15 is 0 Å². The second-order valence-corrected chi connectivity index (χ2v) is 5.70. The van der Waals surface area contributed by atoms with Crippen LogP contribution in [-0.4, -0.2) is 22.9 Å². The van der Waals surface area contributed by atoms with Crippen molar-refractivity contribution < 1.29 is 14.3 Å². The normalized spacial score (nSPS) is 11.5. The summed E-state index contributed by atoms with van der Waals surface area (Å²) in [7, 11) is 0. The molecule has 1 aromatic heterocycles. The first-order valence-electron chi connectivity index (χ1n) is 7.33. The predicted molar refractivity (Wildman–Crippen MR) is 90.9 cm³/mol. The SMILES string of the molecule is Cc1cccc(OC(C)C(=O)NNC(=O)c2cc(Cl)ccn2)c1C. The standard InChI is InChI=1S/C17H18ClN3O3/c1-10-5-4-6-15(11(10)2)24-12(3)16(22)20-21-17(23)14-9-13(18)7-8-19-14/h4-9,12H,1-3H3,(H,20,22)(H,21,23). The zero-order valence-electron chi connectivity index (χ0n) is 13.6. The highest BCUT2D eigenvalue weighted by molar-refractivity contribution is 6.30. The highest BCUT2D eigenvalue weighted by Crippen LogP contribution is 2.21. The van der Waals surface area contributed by atoms with E-state index in [1.807, 2.05) is 26.0 Å². The van der Waals surface area contributed by atoms with Crippen molar-refractivity contribution in [2.75, 3.05) is 0 Å². The number of hydrogen-bond donors (Lipinski definition) is 2. The molecule has 0 aliphatic carbocycles. The monoisotopic (exact) mass is 347 g/mol. The van der Waals surface area contributed by atoms with Gasteiger partial charge in [0, 0.05) is 11.2 Å². The molecule has 7 heteroatoms. The summed E-state index contributed by atoms with van der Waals surface area (Å²) in [5, 5.41) is 0.383. The number of amides is 2. The number of pyridine rings is 1. The molecule has 0 fully saturated rings. The van der Waals surface area contributed by atoms with Gasteiger partial charge in [0.15, 0.2) is 6.10 Å². The number of nitrogens with zero attached hydrogens (tertiary/aromatic N) is 1. The molecular formula is C17H18ClN3O3. The molecule has 1 atom stereocenters. The molecule has 2 aromatic rings. The molecule has 1 heterocycles. The summed E-state index contributed by atoms with van der Waals surface area (Å²) in [6.45, 7) is 5.48. The van der Waals surface area contributed by atoms with Gasteiger partial charge >= 0.3 is 0 Å². The number of benzene rings is 1. The van der Waals surface area contributed by atoms with Crippen molar-refractivity contribution in [1.82, 2.24) is 15.8 Å². The van der Waals surface area contributed by atoms with Crippen LogP contribution < -0.4 is 15.6 Å². The fourth-order valence-corrected chi connectivity index (χ4v) is 2.07. The molecule has 0 aliphatic rings. The molecule has 0 bridgehead atoms. The van der Waals surface area contributed by atoms with E-state index in [-0.39, 0.29) is 5.69 Å². The number of carbonyl (C=O) groups excluding carboxylic acids is 2. The summed E-state index contributed by atoms with van der Waals surface area (Å²) in [6, 6.07) is 8.57. The van der Waals surface area contributed by atoms with Crippen LogP contribution in [-0.2, 0) is 4.79 Å². The smallest absolute Gasteiger partial charge is 0.288 e. The van der Waals surface area contributed by atoms with Crippen LogP contribution in [0.1, 0.15) is 28.5 Å². The molecule has 6 nitrogen and oxygen atoms in total. The van der Waals surface area contributed by atoms with Crippen LogP contribution in [0.5, 0.6) is 5.75 Å². The van der Waals surface area contributed by atoms with Gasteiger partial charge in [-0.15, -0.1) is 0 Å². The van der Waals surface area contributed by atoms with E-state index < -0.39 is 17.9 Å². The van der Waals surface area contributed by atoms with Gasteiger partial charge in [-0.3, -0.25) is 25.4 Å². The Morgan fingerprint density at radius 3 is 2.67 bits per heavy atom. The van der Waals surface area contributed by atoms with Crippen molar-refractivity contribution in [1.29, 1.82) is 0 Å². The lowest BCUT2D eigenvalue weighted by Crippen LogP contribution is -2.47. The first-order chi connectivity index (χ1) is 11.4. The van der Waals surface area contributed by atoms with Gasteiger partial charge in [-0.25, -0.2) is 0 Å². The van der Waals surface area contributed by atoms with Crippen LogP contribution in [0, 0.1) is 13.8 Å². The van der Waals surface area contributed by atoms with Crippen LogP contribution in [0.2, 0.25) is 5.02 Å². The highest BCUT2D eigenvalue weighted by atomic mass is 35.5. The Morgan fingerprint density at radius 1 is 1.21 bits per heavy atom. The number of hydrazine groups is 1. The summed E-state index contributed by atoms with van der Waals surface area (Å²) in [5.41, 5.74) is 6.72. The third-order valence-corrected chi connectivity index (χ3v) is 3.72. The Hall–Kier alpha value is -2.60. The molecular weight excluding hydrogens is 330 g/mol. The average Bonchev–Trinajstić information content (AvgIpc) is 2.56. The minimum absolute atomic E-state index is 0.103. The summed E-state index contributed by atoms with van der Waals surface area (Å²) in [5.74, 6) is -0.420. The van der Waals surface area contributed by atoms with Crippen molar-refractivity contribution in [2.45, 2.75) is 26.9 Å². The molecule has 0 saturated heterocycles. The van der Waals surface area contributed by atoms with Gasteiger partial charge < -0.3 is 4.74 Å². The molecule has 2 N–H and O–H groups in total. The van der Waals surface area contributed by atoms with E-state index in [0.29, 0.717) is 10.8 Å². The highest BCUT2D eigenvalue weighted by Gasteiger charge is 2.17. The van der Waals surface area contributed by atoms with E-state index in [2.05, 4.69) is 15.8 Å². The van der Waals surface area contributed by atoms with Gasteiger partial charge in [0.05, 0.1) is 0 Å². The van der Waals surface area contributed by atoms with E-state index in [1.54, 1.807) is 19.1 Å². The molecule has 0 radical (unpaired) electrons. The Balaban J connectivity index is 1.92. The summed E-state index contributed by atoms with van der Waals surface area (Å²) >= 11 is 5.79. The van der Waals surface area contributed by atoms with Crippen LogP contribution in [0.25, 0.3) is 0 Å². The number of hydrogen-bond acceptors (Lipinski definition) is 4. The largest absolute Gasteiger partial charge is 0.481 e. The molecule has 0 aliphatic heterocycles. The Morgan fingerprint density at radius 2 is 1.96 bits per heavy atom. The Labute approximate surface area is 145 Å². The fourth-order valence-electron chi connectivity index (χ4n) is 1.91. The lowest BCUT2D eigenvalue weighted by Gasteiger charge is -2.17. The number of halogens is 1. The van der Waals surface area contributed by atoms with Crippen molar-refractivity contribution in [3.63, 3.8) is 0 Å². The van der Waals surface area contributed by atoms with Crippen molar-refractivity contribution in [3.8, 4) is 5.75 Å². The van der Waals surface area contributed by atoms with Gasteiger partial charge in [0.2, 0.25) is 0 Å². The van der Waals surface area contributed by atoms with Gasteiger partial charge in [-0.2, -0.15) is 0 Å². The number of carbonyl (C=O) groups is 2. The number of rotatable bonds is 4. The average molecular weight is 348 g/mol. The number of aryl methyl sites for hydroxylation is 1. The maximum absolute atomic E-state index is 12.0. The van der Waals surface area contributed by atoms with Crippen LogP contribution in [0.15, 0.2) is 36.5 Å². The maximum atomic E-state index is 12.0. The van der Waals surface area contributed by atoms with Crippen molar-refractivity contribution in [2.24, 2.45) is 0 Å². The van der Waals surface area contributed by atoms with E-state index in [9.17, 15) is 9.59 Å². The third kappa shape index (κ3) is 4.45. The third-order valence-electron chi connectivity index (χ3n) is 3.48. The minimum Gasteiger partial charge on any atom is -0.481 e. The Kier molecular flexibility index (Phi) is 5.76. The van der Waals surface area contributed by atoms with E-state index in [0.717, 1.165) is 11.1 Å². The molecule has 0 spiro atoms. The zero-order valence-corrected chi connectivity index (χ0v) is 14.3. The second-order valence-electron chi connectivity index (χ2n) is 5.26. The first kappa shape index (κ1) is 17.7. The minimum atomic E-state index is -0.780. The maximum Gasteiger partial charge on any atom is 0.288 e. The fraction of sp³-hybridized carbons (Fsp3) is 0.235. The Bertz CT molecular complexity index is 764. The van der Waals surface area contributed by atoms with Crippen LogP contribution >= 0.6 is 11.6 Å². The van der Waals surface area contributed by atoms with Crippen molar-refractivity contribution >= 4 is 23.4 Å². The summed E-state index contributed by atoms with van der Waals surface area (Å²) in [6.07, 6.45) is 0.629. The quantitative estimate of drug-likeness (QED) is 0.833. The van der Waals surface area contributed by atoms with Crippen LogP contribution in [0.3, 0.4) is 0 Å². The van der Waals surface area contributed by atoms with Gasteiger partial charge in [-0.05, 0) is 50.1 Å². The molecule has 0 saturated carbocycles.